The zero-order chi connectivity index (χ0) is 20.1. The van der Waals surface area contributed by atoms with Crippen molar-refractivity contribution in [2.24, 2.45) is 5.92 Å². The summed E-state index contributed by atoms with van der Waals surface area (Å²) in [6, 6.07) is 2.90. The predicted octanol–water partition coefficient (Wildman–Crippen LogP) is 4.69. The van der Waals surface area contributed by atoms with Gasteiger partial charge in [-0.05, 0) is 74.8 Å². The van der Waals surface area contributed by atoms with Crippen LogP contribution in [0.4, 0.5) is 13.2 Å². The smallest absolute Gasteiger partial charge is 0.381 e. The minimum absolute atomic E-state index is 0.0602. The van der Waals surface area contributed by atoms with Crippen molar-refractivity contribution >= 4 is 26.0 Å². The van der Waals surface area contributed by atoms with Gasteiger partial charge < -0.3 is 4.74 Å². The molecule has 0 radical (unpaired) electrons. The molecule has 154 valence electrons. The summed E-state index contributed by atoms with van der Waals surface area (Å²) in [5.41, 5.74) is -0.550. The Morgan fingerprint density at radius 2 is 1.89 bits per heavy atom. The van der Waals surface area contributed by atoms with Crippen LogP contribution >= 0.6 is 15.9 Å². The van der Waals surface area contributed by atoms with Crippen LogP contribution in [-0.4, -0.2) is 34.0 Å². The molecule has 1 aromatic carbocycles. The molecule has 1 aliphatic rings. The average Bonchev–Trinajstić information content (AvgIpc) is 2.64. The van der Waals surface area contributed by atoms with Crippen LogP contribution in [0.1, 0.15) is 49.1 Å². The van der Waals surface area contributed by atoms with E-state index >= 15 is 0 Å². The Kier molecular flexibility index (Phi) is 8.15. The molecule has 0 amide bonds. The van der Waals surface area contributed by atoms with Gasteiger partial charge in [0.2, 0.25) is 10.0 Å². The summed E-state index contributed by atoms with van der Waals surface area (Å²) in [5, 5.41) is 0.887. The molecule has 0 aliphatic heterocycles. The third-order valence-corrected chi connectivity index (χ3v) is 7.01. The van der Waals surface area contributed by atoms with Crippen molar-refractivity contribution in [3.63, 3.8) is 0 Å². The molecular weight excluding hydrogens is 447 g/mol. The first-order valence-corrected chi connectivity index (χ1v) is 11.6. The standard InChI is InChI=1S/C18H25BrF3NO3S/c1-23-27(24,25)17-8-7-15(18(20,21)22)11-16(17)14-5-3-13(4-6-14)12-26-10-2-9-19/h7-8,11,13-14,23H,2-6,9-10,12H2,1H3. The van der Waals surface area contributed by atoms with Crippen molar-refractivity contribution in [1.29, 1.82) is 0 Å². The third kappa shape index (κ3) is 6.17. The van der Waals surface area contributed by atoms with Gasteiger partial charge in [0.15, 0.2) is 0 Å². The number of rotatable bonds is 8. The Labute approximate surface area is 167 Å². The Balaban J connectivity index is 2.17. The number of hydrogen-bond acceptors (Lipinski definition) is 3. The van der Waals surface area contributed by atoms with Crippen LogP contribution in [0.2, 0.25) is 0 Å². The molecule has 1 N–H and O–H groups in total. The normalized spacial score (nSPS) is 21.4. The van der Waals surface area contributed by atoms with E-state index in [9.17, 15) is 21.6 Å². The largest absolute Gasteiger partial charge is 0.416 e. The molecule has 1 aliphatic carbocycles. The molecule has 2 rings (SSSR count). The molecule has 0 bridgehead atoms. The summed E-state index contributed by atoms with van der Waals surface area (Å²) in [4.78, 5) is -0.0602. The van der Waals surface area contributed by atoms with E-state index in [0.29, 0.717) is 32.0 Å². The second-order valence-corrected chi connectivity index (χ2v) is 9.44. The first-order valence-electron chi connectivity index (χ1n) is 8.97. The van der Waals surface area contributed by atoms with E-state index in [1.807, 2.05) is 0 Å². The van der Waals surface area contributed by atoms with Crippen molar-refractivity contribution in [2.45, 2.75) is 49.1 Å². The maximum atomic E-state index is 13.1. The predicted molar refractivity (Wildman–Crippen MR) is 102 cm³/mol. The highest BCUT2D eigenvalue weighted by atomic mass is 79.9. The fourth-order valence-corrected chi connectivity index (χ4v) is 4.68. The second-order valence-electron chi connectivity index (χ2n) is 6.79. The van der Waals surface area contributed by atoms with Gasteiger partial charge in [0.1, 0.15) is 0 Å². The topological polar surface area (TPSA) is 55.4 Å². The summed E-state index contributed by atoms with van der Waals surface area (Å²) in [5.74, 6) is 0.163. The lowest BCUT2D eigenvalue weighted by atomic mass is 9.78. The molecule has 0 unspecified atom stereocenters. The highest BCUT2D eigenvalue weighted by Crippen LogP contribution is 2.41. The van der Waals surface area contributed by atoms with E-state index in [-0.39, 0.29) is 16.4 Å². The Bertz CT molecular complexity index is 717. The Hall–Kier alpha value is -0.640. The summed E-state index contributed by atoms with van der Waals surface area (Å²) >= 11 is 3.34. The number of ether oxygens (including phenoxy) is 1. The van der Waals surface area contributed by atoms with Crippen molar-refractivity contribution in [3.8, 4) is 0 Å². The molecular formula is C18H25BrF3NO3S. The van der Waals surface area contributed by atoms with E-state index in [1.54, 1.807) is 0 Å². The maximum Gasteiger partial charge on any atom is 0.416 e. The summed E-state index contributed by atoms with van der Waals surface area (Å²) < 4.78 is 71.8. The molecule has 0 spiro atoms. The van der Waals surface area contributed by atoms with Gasteiger partial charge in [0.25, 0.3) is 0 Å². The van der Waals surface area contributed by atoms with Crippen LogP contribution in [0.3, 0.4) is 0 Å². The average molecular weight is 472 g/mol. The summed E-state index contributed by atoms with van der Waals surface area (Å²) in [7, 11) is -2.56. The Morgan fingerprint density at radius 3 is 2.44 bits per heavy atom. The third-order valence-electron chi connectivity index (χ3n) is 4.96. The lowest BCUT2D eigenvalue weighted by Gasteiger charge is -2.30. The van der Waals surface area contributed by atoms with E-state index in [2.05, 4.69) is 20.7 Å². The molecule has 4 nitrogen and oxygen atoms in total. The van der Waals surface area contributed by atoms with Crippen LogP contribution < -0.4 is 4.72 Å². The zero-order valence-electron chi connectivity index (χ0n) is 15.2. The van der Waals surface area contributed by atoms with E-state index < -0.39 is 21.8 Å². The molecule has 1 aromatic rings. The fraction of sp³-hybridized carbons (Fsp3) is 0.667. The first kappa shape index (κ1) is 22.6. The maximum absolute atomic E-state index is 13.1. The van der Waals surface area contributed by atoms with Gasteiger partial charge in [-0.15, -0.1) is 0 Å². The number of hydrogen-bond donors (Lipinski definition) is 1. The van der Waals surface area contributed by atoms with Gasteiger partial charge in [-0.25, -0.2) is 13.1 Å². The first-order chi connectivity index (χ1) is 12.7. The summed E-state index contributed by atoms with van der Waals surface area (Å²) in [6.07, 6.45) is -0.634. The number of benzene rings is 1. The molecule has 0 atom stereocenters. The van der Waals surface area contributed by atoms with Crippen LogP contribution in [0, 0.1) is 5.92 Å². The fourth-order valence-electron chi connectivity index (χ4n) is 3.45. The second kappa shape index (κ2) is 9.71. The number of halogens is 4. The SMILES string of the molecule is CNS(=O)(=O)c1ccc(C(F)(F)F)cc1C1CCC(COCCCBr)CC1. The number of alkyl halides is 4. The van der Waals surface area contributed by atoms with Crippen molar-refractivity contribution in [3.05, 3.63) is 29.3 Å². The molecule has 9 heteroatoms. The van der Waals surface area contributed by atoms with Crippen LogP contribution in [0.15, 0.2) is 23.1 Å². The van der Waals surface area contributed by atoms with E-state index in [0.717, 1.165) is 42.8 Å². The van der Waals surface area contributed by atoms with Crippen molar-refractivity contribution in [1.82, 2.24) is 4.72 Å². The lowest BCUT2D eigenvalue weighted by molar-refractivity contribution is -0.137. The highest BCUT2D eigenvalue weighted by Gasteiger charge is 2.34. The van der Waals surface area contributed by atoms with Gasteiger partial charge in [-0.1, -0.05) is 15.9 Å². The van der Waals surface area contributed by atoms with Gasteiger partial charge in [-0.2, -0.15) is 13.2 Å². The van der Waals surface area contributed by atoms with Crippen LogP contribution in [0.25, 0.3) is 0 Å². The lowest BCUT2D eigenvalue weighted by Crippen LogP contribution is -2.24. The van der Waals surface area contributed by atoms with Crippen molar-refractivity contribution < 1.29 is 26.3 Å². The molecule has 1 saturated carbocycles. The molecule has 27 heavy (non-hydrogen) atoms. The number of nitrogens with one attached hydrogen (secondary N) is 1. The summed E-state index contributed by atoms with van der Waals surface area (Å²) in [6.45, 7) is 1.33. The molecule has 1 fully saturated rings. The highest BCUT2D eigenvalue weighted by molar-refractivity contribution is 9.09. The van der Waals surface area contributed by atoms with Gasteiger partial charge in [0, 0.05) is 18.5 Å². The van der Waals surface area contributed by atoms with Crippen LogP contribution in [0.5, 0.6) is 0 Å². The number of sulfonamides is 1. The van der Waals surface area contributed by atoms with E-state index in [4.69, 9.17) is 4.74 Å². The van der Waals surface area contributed by atoms with Gasteiger partial charge in [-0.3, -0.25) is 0 Å². The van der Waals surface area contributed by atoms with Crippen LogP contribution in [-0.2, 0) is 20.9 Å². The zero-order valence-corrected chi connectivity index (χ0v) is 17.6. The van der Waals surface area contributed by atoms with Gasteiger partial charge >= 0.3 is 6.18 Å². The quantitative estimate of drug-likeness (QED) is 0.441. The molecule has 0 aromatic heterocycles. The minimum atomic E-state index is -4.50. The van der Waals surface area contributed by atoms with Crippen molar-refractivity contribution in [2.75, 3.05) is 25.6 Å². The molecule has 0 saturated heterocycles. The van der Waals surface area contributed by atoms with Gasteiger partial charge in [0.05, 0.1) is 10.5 Å². The molecule has 0 heterocycles. The van der Waals surface area contributed by atoms with E-state index in [1.165, 1.54) is 7.05 Å². The monoisotopic (exact) mass is 471 g/mol. The Morgan fingerprint density at radius 1 is 1.22 bits per heavy atom. The minimum Gasteiger partial charge on any atom is -0.381 e.